The number of aryl methyl sites for hydroxylation is 1. The predicted octanol–water partition coefficient (Wildman–Crippen LogP) is 5.97. The van der Waals surface area contributed by atoms with E-state index in [-0.39, 0.29) is 5.78 Å². The molecule has 1 nitrogen and oxygen atoms in total. The first-order valence-electron chi connectivity index (χ1n) is 8.54. The van der Waals surface area contributed by atoms with Gasteiger partial charge in [0.1, 0.15) is 0 Å². The van der Waals surface area contributed by atoms with E-state index in [0.29, 0.717) is 6.42 Å². The van der Waals surface area contributed by atoms with Crippen molar-refractivity contribution in [3.63, 3.8) is 0 Å². The summed E-state index contributed by atoms with van der Waals surface area (Å²) in [4.78, 5) is 14.2. The SMILES string of the molecule is CCC(=O)c1ccccc1-c1ccc(C#Cc2ccc(CC)cc2)s1. The van der Waals surface area contributed by atoms with Crippen molar-refractivity contribution >= 4 is 17.1 Å². The van der Waals surface area contributed by atoms with Crippen LogP contribution in [0, 0.1) is 11.8 Å². The Morgan fingerprint density at radius 1 is 0.920 bits per heavy atom. The Bertz CT molecular complexity index is 936. The lowest BCUT2D eigenvalue weighted by molar-refractivity contribution is 0.0989. The molecule has 0 spiro atoms. The van der Waals surface area contributed by atoms with Gasteiger partial charge in [0.2, 0.25) is 0 Å². The maximum absolute atomic E-state index is 12.2. The van der Waals surface area contributed by atoms with Gasteiger partial charge in [0.15, 0.2) is 5.78 Å². The van der Waals surface area contributed by atoms with Gasteiger partial charge in [-0.3, -0.25) is 4.79 Å². The molecule has 3 rings (SSSR count). The van der Waals surface area contributed by atoms with E-state index in [2.05, 4.69) is 49.1 Å². The highest BCUT2D eigenvalue weighted by Gasteiger charge is 2.11. The summed E-state index contributed by atoms with van der Waals surface area (Å²) < 4.78 is 0. The molecule has 0 bridgehead atoms. The predicted molar refractivity (Wildman–Crippen MR) is 106 cm³/mol. The highest BCUT2D eigenvalue weighted by Crippen LogP contribution is 2.31. The van der Waals surface area contributed by atoms with Crippen LogP contribution in [0.15, 0.2) is 60.7 Å². The van der Waals surface area contributed by atoms with Crippen LogP contribution in [-0.2, 0) is 6.42 Å². The summed E-state index contributed by atoms with van der Waals surface area (Å²) in [5.41, 5.74) is 4.14. The molecule has 0 unspecified atom stereocenters. The third kappa shape index (κ3) is 4.07. The summed E-state index contributed by atoms with van der Waals surface area (Å²) >= 11 is 1.63. The molecule has 0 saturated heterocycles. The van der Waals surface area contributed by atoms with Crippen LogP contribution in [0.4, 0.5) is 0 Å². The van der Waals surface area contributed by atoms with E-state index < -0.39 is 0 Å². The van der Waals surface area contributed by atoms with Crippen LogP contribution in [0.25, 0.3) is 10.4 Å². The van der Waals surface area contributed by atoms with Gasteiger partial charge in [-0.1, -0.05) is 62.1 Å². The lowest BCUT2D eigenvalue weighted by Crippen LogP contribution is -1.98. The molecule has 0 saturated carbocycles. The summed E-state index contributed by atoms with van der Waals surface area (Å²) in [6.07, 6.45) is 1.56. The van der Waals surface area contributed by atoms with Crippen molar-refractivity contribution in [3.8, 4) is 22.3 Å². The molecule has 2 aromatic carbocycles. The van der Waals surface area contributed by atoms with Gasteiger partial charge < -0.3 is 0 Å². The van der Waals surface area contributed by atoms with Crippen LogP contribution in [0.5, 0.6) is 0 Å². The second-order valence-electron chi connectivity index (χ2n) is 5.79. The fourth-order valence-electron chi connectivity index (χ4n) is 2.64. The van der Waals surface area contributed by atoms with E-state index >= 15 is 0 Å². The summed E-state index contributed by atoms with van der Waals surface area (Å²) in [5, 5.41) is 0. The van der Waals surface area contributed by atoms with Gasteiger partial charge in [0.05, 0.1) is 4.88 Å². The van der Waals surface area contributed by atoms with Gasteiger partial charge in [-0.25, -0.2) is 0 Å². The number of Topliss-reactive ketones (excluding diaryl/α,β-unsaturated/α-hetero) is 1. The largest absolute Gasteiger partial charge is 0.294 e. The van der Waals surface area contributed by atoms with E-state index in [9.17, 15) is 4.79 Å². The summed E-state index contributed by atoms with van der Waals surface area (Å²) in [6, 6.07) is 20.3. The fourth-order valence-corrected chi connectivity index (χ4v) is 3.54. The number of rotatable bonds is 4. The Labute approximate surface area is 153 Å². The lowest BCUT2D eigenvalue weighted by Gasteiger charge is -2.05. The van der Waals surface area contributed by atoms with Crippen LogP contribution in [0.1, 0.15) is 46.6 Å². The molecule has 0 N–H and O–H groups in total. The zero-order valence-corrected chi connectivity index (χ0v) is 15.3. The number of hydrogen-bond donors (Lipinski definition) is 0. The highest BCUT2D eigenvalue weighted by molar-refractivity contribution is 7.16. The number of hydrogen-bond acceptors (Lipinski definition) is 2. The van der Waals surface area contributed by atoms with Gasteiger partial charge in [0, 0.05) is 28.0 Å². The summed E-state index contributed by atoms with van der Waals surface area (Å²) in [5.74, 6) is 6.63. The van der Waals surface area contributed by atoms with Gasteiger partial charge in [-0.05, 0) is 36.2 Å². The van der Waals surface area contributed by atoms with Crippen LogP contribution >= 0.6 is 11.3 Å². The average Bonchev–Trinajstić information content (AvgIpc) is 3.15. The molecule has 0 radical (unpaired) electrons. The number of thiophene rings is 1. The molecule has 0 aliphatic rings. The lowest BCUT2D eigenvalue weighted by atomic mass is 10.0. The normalized spacial score (nSPS) is 10.2. The van der Waals surface area contributed by atoms with Crippen molar-refractivity contribution in [1.82, 2.24) is 0 Å². The highest BCUT2D eigenvalue weighted by atomic mass is 32.1. The van der Waals surface area contributed by atoms with Crippen molar-refractivity contribution in [2.24, 2.45) is 0 Å². The van der Waals surface area contributed by atoms with Gasteiger partial charge in [0.25, 0.3) is 0 Å². The second-order valence-corrected chi connectivity index (χ2v) is 6.87. The first kappa shape index (κ1) is 17.2. The number of benzene rings is 2. The zero-order chi connectivity index (χ0) is 17.6. The van der Waals surface area contributed by atoms with Gasteiger partial charge in [-0.2, -0.15) is 0 Å². The summed E-state index contributed by atoms with van der Waals surface area (Å²) in [7, 11) is 0. The van der Waals surface area contributed by atoms with Crippen molar-refractivity contribution in [3.05, 3.63) is 82.2 Å². The first-order valence-corrected chi connectivity index (χ1v) is 9.36. The van der Waals surface area contributed by atoms with Crippen molar-refractivity contribution in [2.75, 3.05) is 0 Å². The molecule has 25 heavy (non-hydrogen) atoms. The molecule has 2 heteroatoms. The molecular weight excluding hydrogens is 324 g/mol. The van der Waals surface area contributed by atoms with Gasteiger partial charge >= 0.3 is 0 Å². The molecular formula is C23H20OS. The minimum Gasteiger partial charge on any atom is -0.294 e. The second kappa shape index (κ2) is 7.96. The van der Waals surface area contributed by atoms with Crippen LogP contribution in [-0.4, -0.2) is 5.78 Å². The average molecular weight is 344 g/mol. The van der Waals surface area contributed by atoms with Crippen molar-refractivity contribution in [2.45, 2.75) is 26.7 Å². The van der Waals surface area contributed by atoms with E-state index in [1.54, 1.807) is 11.3 Å². The molecule has 0 aliphatic carbocycles. The van der Waals surface area contributed by atoms with Crippen LogP contribution in [0.2, 0.25) is 0 Å². The number of carbonyl (C=O) groups excluding carboxylic acids is 1. The van der Waals surface area contributed by atoms with Crippen molar-refractivity contribution < 1.29 is 4.79 Å². The Hall–Kier alpha value is -2.63. The van der Waals surface area contributed by atoms with E-state index in [0.717, 1.165) is 32.9 Å². The zero-order valence-electron chi connectivity index (χ0n) is 14.5. The van der Waals surface area contributed by atoms with Gasteiger partial charge in [-0.15, -0.1) is 11.3 Å². The van der Waals surface area contributed by atoms with Crippen LogP contribution < -0.4 is 0 Å². The molecule has 0 amide bonds. The summed E-state index contributed by atoms with van der Waals surface area (Å²) in [6.45, 7) is 4.04. The molecule has 0 aliphatic heterocycles. The minimum absolute atomic E-state index is 0.174. The number of carbonyl (C=O) groups is 1. The molecule has 0 atom stereocenters. The molecule has 1 heterocycles. The number of ketones is 1. The van der Waals surface area contributed by atoms with E-state index in [1.165, 1.54) is 5.56 Å². The molecule has 124 valence electrons. The Morgan fingerprint density at radius 2 is 1.68 bits per heavy atom. The van der Waals surface area contributed by atoms with E-state index in [1.807, 2.05) is 37.3 Å². The quantitative estimate of drug-likeness (QED) is 0.421. The third-order valence-electron chi connectivity index (χ3n) is 4.11. The Balaban J connectivity index is 1.86. The third-order valence-corrected chi connectivity index (χ3v) is 5.15. The van der Waals surface area contributed by atoms with E-state index in [4.69, 9.17) is 0 Å². The maximum Gasteiger partial charge on any atom is 0.163 e. The van der Waals surface area contributed by atoms with Crippen LogP contribution in [0.3, 0.4) is 0 Å². The Morgan fingerprint density at radius 3 is 2.40 bits per heavy atom. The standard InChI is InChI=1S/C23H20OS/c1-3-17-9-11-18(12-10-17)13-14-19-15-16-23(25-19)21-8-6-5-7-20(21)22(24)4-2/h5-12,15-16H,3-4H2,1-2H3. The molecule has 3 aromatic rings. The maximum atomic E-state index is 12.2. The Kier molecular flexibility index (Phi) is 5.48. The topological polar surface area (TPSA) is 17.1 Å². The molecule has 1 aromatic heterocycles. The molecule has 0 fully saturated rings. The monoisotopic (exact) mass is 344 g/mol. The minimum atomic E-state index is 0.174. The smallest absolute Gasteiger partial charge is 0.163 e. The fraction of sp³-hybridized carbons (Fsp3) is 0.174. The first-order chi connectivity index (χ1) is 12.2. The van der Waals surface area contributed by atoms with Crippen molar-refractivity contribution in [1.29, 1.82) is 0 Å².